The van der Waals surface area contributed by atoms with Crippen molar-refractivity contribution in [2.75, 3.05) is 24.5 Å². The molecule has 1 saturated heterocycles. The molecule has 158 valence electrons. The molecule has 0 bridgehead atoms. The van der Waals surface area contributed by atoms with E-state index in [4.69, 9.17) is 22.4 Å². The van der Waals surface area contributed by atoms with Gasteiger partial charge in [-0.05, 0) is 55.5 Å². The summed E-state index contributed by atoms with van der Waals surface area (Å²) < 4.78 is 0. The third kappa shape index (κ3) is 3.75. The van der Waals surface area contributed by atoms with Crippen molar-refractivity contribution in [2.45, 2.75) is 37.1 Å². The molecule has 0 spiro atoms. The van der Waals surface area contributed by atoms with Gasteiger partial charge in [0.15, 0.2) is 5.69 Å². The molecule has 2 aliphatic rings. The van der Waals surface area contributed by atoms with Crippen LogP contribution in [0.25, 0.3) is 0 Å². The predicted octanol–water partition coefficient (Wildman–Crippen LogP) is 3.51. The number of carbonyl (C=O) groups is 2. The molecule has 2 heterocycles. The number of rotatable bonds is 5. The van der Waals surface area contributed by atoms with Crippen LogP contribution in [0, 0.1) is 0 Å². The van der Waals surface area contributed by atoms with E-state index in [9.17, 15) is 9.59 Å². The summed E-state index contributed by atoms with van der Waals surface area (Å²) in [5.41, 5.74) is 7.19. The number of carboxylic acids is 1. The highest BCUT2D eigenvalue weighted by Crippen LogP contribution is 2.41. The van der Waals surface area contributed by atoms with Gasteiger partial charge in [-0.15, -0.1) is 0 Å². The normalized spacial score (nSPS) is 24.3. The number of aromatic carboxylic acids is 1. The molecule has 1 aromatic heterocycles. The average molecular weight is 429 g/mol. The van der Waals surface area contributed by atoms with Gasteiger partial charge in [0.2, 0.25) is 0 Å². The smallest absolute Gasteiger partial charge is 0.354 e. The Morgan fingerprint density at radius 3 is 2.60 bits per heavy atom. The molecule has 0 radical (unpaired) electrons. The topological polar surface area (TPSA) is 99.8 Å². The average Bonchev–Trinajstić information content (AvgIpc) is 3.15. The van der Waals surface area contributed by atoms with Crippen molar-refractivity contribution >= 4 is 29.4 Å². The van der Waals surface area contributed by atoms with E-state index in [1.165, 1.54) is 11.6 Å². The zero-order valence-electron chi connectivity index (χ0n) is 16.6. The maximum Gasteiger partial charge on any atom is 0.354 e. The molecule has 7 nitrogen and oxygen atoms in total. The Morgan fingerprint density at radius 2 is 1.93 bits per heavy atom. The van der Waals surface area contributed by atoms with Gasteiger partial charge in [-0.25, -0.2) is 14.6 Å². The van der Waals surface area contributed by atoms with E-state index in [2.05, 4.69) is 11.1 Å². The van der Waals surface area contributed by atoms with Gasteiger partial charge in [-0.2, -0.15) is 0 Å². The van der Waals surface area contributed by atoms with Crippen LogP contribution in [0.15, 0.2) is 42.5 Å². The Kier molecular flexibility index (Phi) is 5.66. The molecule has 0 atom stereocenters. The molecule has 4 rings (SSSR count). The molecule has 1 aliphatic heterocycles. The first-order chi connectivity index (χ1) is 14.4. The van der Waals surface area contributed by atoms with Crippen LogP contribution in [0.2, 0.25) is 5.02 Å². The van der Waals surface area contributed by atoms with Crippen LogP contribution >= 0.6 is 11.6 Å². The first-order valence-electron chi connectivity index (χ1n) is 10.2. The number of benzene rings is 1. The fourth-order valence-corrected chi connectivity index (χ4v) is 4.88. The van der Waals surface area contributed by atoms with Crippen LogP contribution in [0.1, 0.15) is 41.7 Å². The first-order valence-corrected chi connectivity index (χ1v) is 10.6. The fourth-order valence-electron chi connectivity index (χ4n) is 4.69. The maximum atomic E-state index is 13.1. The third-order valence-corrected chi connectivity index (χ3v) is 6.69. The van der Waals surface area contributed by atoms with Crippen LogP contribution in [-0.4, -0.2) is 52.7 Å². The second-order valence-corrected chi connectivity index (χ2v) is 8.48. The summed E-state index contributed by atoms with van der Waals surface area (Å²) in [6, 6.07) is 12.7. The molecule has 1 saturated carbocycles. The number of carbonyl (C=O) groups excluding carboxylic acids is 1. The summed E-state index contributed by atoms with van der Waals surface area (Å²) in [5.74, 6) is -0.722. The van der Waals surface area contributed by atoms with E-state index in [-0.39, 0.29) is 23.2 Å². The predicted molar refractivity (Wildman–Crippen MR) is 115 cm³/mol. The molecule has 2 amide bonds. The lowest BCUT2D eigenvalue weighted by Gasteiger charge is -2.42. The van der Waals surface area contributed by atoms with Gasteiger partial charge in [-0.1, -0.05) is 29.8 Å². The molecule has 1 aliphatic carbocycles. The minimum absolute atomic E-state index is 0.0642. The third-order valence-electron chi connectivity index (χ3n) is 6.45. The number of urea groups is 1. The number of nitrogens with zero attached hydrogens (tertiary/aromatic N) is 3. The van der Waals surface area contributed by atoms with E-state index in [0.717, 1.165) is 25.7 Å². The maximum absolute atomic E-state index is 13.1. The lowest BCUT2D eigenvalue weighted by atomic mass is 9.68. The number of halogens is 1. The van der Waals surface area contributed by atoms with E-state index in [1.54, 1.807) is 17.0 Å². The van der Waals surface area contributed by atoms with Gasteiger partial charge >= 0.3 is 12.0 Å². The zero-order chi connectivity index (χ0) is 21.3. The van der Waals surface area contributed by atoms with Crippen LogP contribution < -0.4 is 10.6 Å². The van der Waals surface area contributed by atoms with Gasteiger partial charge < -0.3 is 15.7 Å². The highest BCUT2D eigenvalue weighted by atomic mass is 35.5. The van der Waals surface area contributed by atoms with Crippen LogP contribution in [0.3, 0.4) is 0 Å². The Hall–Kier alpha value is -2.64. The Bertz CT molecular complexity index is 959. The van der Waals surface area contributed by atoms with Crippen LogP contribution in [-0.2, 0) is 5.41 Å². The summed E-state index contributed by atoms with van der Waals surface area (Å²) >= 11 is 6.20. The largest absolute Gasteiger partial charge is 0.477 e. The van der Waals surface area contributed by atoms with E-state index < -0.39 is 5.97 Å². The second kappa shape index (κ2) is 8.24. The minimum atomic E-state index is -1.10. The highest BCUT2D eigenvalue weighted by molar-refractivity contribution is 6.30. The molecule has 2 aromatic rings. The summed E-state index contributed by atoms with van der Waals surface area (Å²) in [4.78, 5) is 31.8. The lowest BCUT2D eigenvalue weighted by Crippen LogP contribution is -2.47. The Balaban J connectivity index is 1.46. The molecule has 30 heavy (non-hydrogen) atoms. The minimum Gasteiger partial charge on any atom is -0.477 e. The lowest BCUT2D eigenvalue weighted by molar-refractivity contribution is 0.0690. The number of carboxylic acid groups (broad SMARTS) is 1. The fraction of sp³-hybridized carbons (Fsp3) is 0.409. The summed E-state index contributed by atoms with van der Waals surface area (Å²) in [7, 11) is 0. The van der Waals surface area contributed by atoms with Crippen LogP contribution in [0.5, 0.6) is 0 Å². The molecule has 1 aromatic carbocycles. The quantitative estimate of drug-likeness (QED) is 0.759. The molecule has 3 N–H and O–H groups in total. The van der Waals surface area contributed by atoms with Crippen molar-refractivity contribution in [3.63, 3.8) is 0 Å². The Labute approximate surface area is 180 Å². The van der Waals surface area contributed by atoms with Crippen molar-refractivity contribution in [1.82, 2.24) is 9.88 Å². The number of pyridine rings is 1. The summed E-state index contributed by atoms with van der Waals surface area (Å²) in [6.45, 7) is 1.66. The first kappa shape index (κ1) is 20.6. The van der Waals surface area contributed by atoms with Crippen LogP contribution in [0.4, 0.5) is 10.6 Å². The second-order valence-electron chi connectivity index (χ2n) is 8.04. The molecule has 0 unspecified atom stereocenters. The molecule has 8 heteroatoms. The summed E-state index contributed by atoms with van der Waals surface area (Å²) in [5, 5.41) is 9.87. The SMILES string of the molecule is NCC1(c2cccc(Cl)c2)CCC(N2CCN(c3cccc(C(=O)O)n3)C2=O)CC1. The standard InChI is InChI=1S/C22H25ClN4O3/c23-16-4-1-3-15(13-16)22(14-24)9-7-17(8-10-22)26-11-12-27(21(26)30)19-6-2-5-18(25-19)20(28)29/h1-6,13,17H,7-12,14,24H2,(H,28,29). The molecular formula is C22H25ClN4O3. The number of anilines is 1. The van der Waals surface area contributed by atoms with Gasteiger partial charge in [0.25, 0.3) is 0 Å². The van der Waals surface area contributed by atoms with Gasteiger partial charge in [0.05, 0.1) is 0 Å². The number of aromatic nitrogens is 1. The van der Waals surface area contributed by atoms with Crippen molar-refractivity contribution in [3.05, 3.63) is 58.7 Å². The summed E-state index contributed by atoms with van der Waals surface area (Å²) in [6.07, 6.45) is 3.52. The van der Waals surface area contributed by atoms with Crippen molar-refractivity contribution < 1.29 is 14.7 Å². The van der Waals surface area contributed by atoms with E-state index in [0.29, 0.717) is 30.5 Å². The zero-order valence-corrected chi connectivity index (χ0v) is 17.4. The van der Waals surface area contributed by atoms with Crippen molar-refractivity contribution in [3.8, 4) is 0 Å². The van der Waals surface area contributed by atoms with Gasteiger partial charge in [0, 0.05) is 36.1 Å². The molecule has 2 fully saturated rings. The highest BCUT2D eigenvalue weighted by Gasteiger charge is 2.41. The molecular weight excluding hydrogens is 404 g/mol. The van der Waals surface area contributed by atoms with Crippen molar-refractivity contribution in [2.24, 2.45) is 5.73 Å². The van der Waals surface area contributed by atoms with Gasteiger partial charge in [-0.3, -0.25) is 4.90 Å². The number of nitrogens with two attached hydrogens (primary N) is 1. The number of hydrogen-bond donors (Lipinski definition) is 2. The van der Waals surface area contributed by atoms with Crippen molar-refractivity contribution in [1.29, 1.82) is 0 Å². The Morgan fingerprint density at radius 1 is 1.20 bits per heavy atom. The number of hydrogen-bond acceptors (Lipinski definition) is 4. The monoisotopic (exact) mass is 428 g/mol. The number of amides is 2. The van der Waals surface area contributed by atoms with Gasteiger partial charge in [0.1, 0.15) is 5.82 Å². The van der Waals surface area contributed by atoms with E-state index >= 15 is 0 Å². The van der Waals surface area contributed by atoms with E-state index in [1.807, 2.05) is 23.1 Å².